The fourth-order valence-corrected chi connectivity index (χ4v) is 4.50. The molecule has 8 heteroatoms. The van der Waals surface area contributed by atoms with Gasteiger partial charge in [-0.3, -0.25) is 9.13 Å². The highest BCUT2D eigenvalue weighted by molar-refractivity contribution is 6.29. The Labute approximate surface area is 181 Å². The van der Waals surface area contributed by atoms with Gasteiger partial charge in [0.05, 0.1) is 28.6 Å². The molecule has 1 aromatic carbocycles. The topological polar surface area (TPSA) is 55.5 Å². The van der Waals surface area contributed by atoms with Gasteiger partial charge >= 0.3 is 5.69 Å². The molecule has 2 aromatic heterocycles. The highest BCUT2D eigenvalue weighted by Gasteiger charge is 2.24. The van der Waals surface area contributed by atoms with E-state index in [1.807, 2.05) is 46.2 Å². The maximum atomic E-state index is 12.7. The van der Waals surface area contributed by atoms with E-state index < -0.39 is 0 Å². The lowest BCUT2D eigenvalue weighted by atomic mass is 9.90. The second kappa shape index (κ2) is 7.96. The van der Waals surface area contributed by atoms with Gasteiger partial charge in [0, 0.05) is 60.2 Å². The average molecular weight is 430 g/mol. The summed E-state index contributed by atoms with van der Waals surface area (Å²) in [4.78, 5) is 21.1. The van der Waals surface area contributed by atoms with Gasteiger partial charge in [-0.1, -0.05) is 11.6 Å². The van der Waals surface area contributed by atoms with Crippen LogP contribution in [0.2, 0.25) is 5.15 Å². The fourth-order valence-electron chi connectivity index (χ4n) is 4.35. The van der Waals surface area contributed by atoms with Crippen molar-refractivity contribution in [2.75, 3.05) is 44.2 Å². The zero-order valence-electron chi connectivity index (χ0n) is 18.1. The van der Waals surface area contributed by atoms with Crippen LogP contribution in [0.1, 0.15) is 24.3 Å². The molecule has 160 valence electrons. The van der Waals surface area contributed by atoms with E-state index in [0.29, 0.717) is 11.1 Å². The van der Waals surface area contributed by atoms with Gasteiger partial charge in [-0.25, -0.2) is 9.78 Å². The molecular weight excluding hydrogens is 402 g/mol. The normalized spacial score (nSPS) is 15.0. The van der Waals surface area contributed by atoms with Crippen LogP contribution in [0, 0.1) is 0 Å². The number of hydrogen-bond donors (Lipinski definition) is 0. The van der Waals surface area contributed by atoms with Crippen molar-refractivity contribution in [2.45, 2.75) is 18.8 Å². The quantitative estimate of drug-likeness (QED) is 0.592. The summed E-state index contributed by atoms with van der Waals surface area (Å²) in [5.74, 6) is 0.360. The van der Waals surface area contributed by atoms with Crippen molar-refractivity contribution in [3.8, 4) is 0 Å². The van der Waals surface area contributed by atoms with Gasteiger partial charge in [0.2, 0.25) is 0 Å². The Bertz CT molecular complexity index is 1140. The van der Waals surface area contributed by atoms with Gasteiger partial charge in [0.1, 0.15) is 5.15 Å². The Kier molecular flexibility index (Phi) is 5.51. The molecule has 0 amide bonds. The zero-order chi connectivity index (χ0) is 21.6. The smallest absolute Gasteiger partial charge is 0.328 e. The molecule has 0 N–H and O–H groups in total. The van der Waals surface area contributed by atoms with E-state index in [4.69, 9.17) is 16.3 Å². The van der Waals surface area contributed by atoms with Crippen LogP contribution < -0.4 is 15.5 Å². The molecule has 30 heavy (non-hydrogen) atoms. The zero-order valence-corrected chi connectivity index (χ0v) is 18.9. The van der Waals surface area contributed by atoms with Crippen LogP contribution in [0.15, 0.2) is 29.2 Å². The molecule has 3 heterocycles. The Morgan fingerprint density at radius 3 is 2.43 bits per heavy atom. The molecule has 0 radical (unpaired) electrons. The largest absolute Gasteiger partial charge is 0.381 e. The van der Waals surface area contributed by atoms with Gasteiger partial charge in [0.25, 0.3) is 0 Å². The van der Waals surface area contributed by atoms with E-state index in [1.54, 1.807) is 15.3 Å². The van der Waals surface area contributed by atoms with Crippen molar-refractivity contribution in [1.82, 2.24) is 14.1 Å². The van der Waals surface area contributed by atoms with Crippen LogP contribution in [0.4, 0.5) is 17.1 Å². The van der Waals surface area contributed by atoms with Crippen LogP contribution in [-0.4, -0.2) is 48.5 Å². The average Bonchev–Trinajstić information content (AvgIpc) is 2.97. The molecular formula is C22H28ClN5O2. The summed E-state index contributed by atoms with van der Waals surface area (Å²) in [6, 6.07) is 6.16. The summed E-state index contributed by atoms with van der Waals surface area (Å²) in [5, 5.41) is 0.458. The summed E-state index contributed by atoms with van der Waals surface area (Å²) in [7, 11) is 9.68. The Balaban J connectivity index is 1.92. The van der Waals surface area contributed by atoms with Crippen molar-refractivity contribution >= 4 is 39.7 Å². The van der Waals surface area contributed by atoms with E-state index in [0.717, 1.165) is 54.2 Å². The number of aryl methyl sites for hydroxylation is 2. The highest BCUT2D eigenvalue weighted by atomic mass is 35.5. The summed E-state index contributed by atoms with van der Waals surface area (Å²) in [5.41, 5.74) is 6.06. The first-order chi connectivity index (χ1) is 14.3. The molecule has 3 aromatic rings. The first-order valence-electron chi connectivity index (χ1n) is 10.1. The Hall–Kier alpha value is -2.51. The highest BCUT2D eigenvalue weighted by Crippen LogP contribution is 2.39. The molecule has 7 nitrogen and oxygen atoms in total. The van der Waals surface area contributed by atoms with Crippen molar-refractivity contribution in [1.29, 1.82) is 0 Å². The van der Waals surface area contributed by atoms with Gasteiger partial charge in [-0.2, -0.15) is 0 Å². The second-order valence-corrected chi connectivity index (χ2v) is 8.53. The SMILES string of the molecule is CN(C)c1cc(Cl)ncc1N(C)c1cc(C2CCOCC2)c2c(c1)n(C)c(=O)n2C. The van der Waals surface area contributed by atoms with Gasteiger partial charge in [-0.05, 0) is 36.5 Å². The van der Waals surface area contributed by atoms with Crippen LogP contribution >= 0.6 is 11.6 Å². The van der Waals surface area contributed by atoms with Crippen LogP contribution in [0.25, 0.3) is 11.0 Å². The number of pyridine rings is 1. The Morgan fingerprint density at radius 1 is 1.07 bits per heavy atom. The maximum absolute atomic E-state index is 12.7. The molecule has 1 saturated heterocycles. The van der Waals surface area contributed by atoms with E-state index >= 15 is 0 Å². The van der Waals surface area contributed by atoms with Crippen molar-refractivity contribution < 1.29 is 4.74 Å². The third kappa shape index (κ3) is 3.46. The summed E-state index contributed by atoms with van der Waals surface area (Å²) in [6.45, 7) is 1.50. The predicted molar refractivity (Wildman–Crippen MR) is 123 cm³/mol. The first kappa shape index (κ1) is 20.8. The molecule has 0 aliphatic carbocycles. The van der Waals surface area contributed by atoms with Gasteiger partial charge in [0.15, 0.2) is 0 Å². The van der Waals surface area contributed by atoms with E-state index in [1.165, 1.54) is 5.56 Å². The van der Waals surface area contributed by atoms with Crippen LogP contribution in [-0.2, 0) is 18.8 Å². The number of rotatable bonds is 4. The number of hydrogen-bond acceptors (Lipinski definition) is 5. The number of ether oxygens (including phenoxy) is 1. The van der Waals surface area contributed by atoms with Gasteiger partial charge < -0.3 is 14.5 Å². The standard InChI is InChI=1S/C22H28ClN5O2/c1-25(2)17-12-20(23)24-13-19(17)26(3)15-10-16(14-6-8-30-9-7-14)21-18(11-15)27(4)22(29)28(21)5/h10-14H,6-9H2,1-5H3. The van der Waals surface area contributed by atoms with Crippen molar-refractivity contribution in [3.05, 3.63) is 45.6 Å². The lowest BCUT2D eigenvalue weighted by Crippen LogP contribution is -2.20. The minimum Gasteiger partial charge on any atom is -0.381 e. The number of anilines is 3. The van der Waals surface area contributed by atoms with Crippen LogP contribution in [0.5, 0.6) is 0 Å². The molecule has 0 bridgehead atoms. The van der Waals surface area contributed by atoms with Crippen molar-refractivity contribution in [3.63, 3.8) is 0 Å². The van der Waals surface area contributed by atoms with E-state index in [2.05, 4.69) is 22.0 Å². The molecule has 0 atom stereocenters. The molecule has 1 aliphatic heterocycles. The summed E-state index contributed by atoms with van der Waals surface area (Å²) in [6.07, 6.45) is 3.70. The summed E-state index contributed by atoms with van der Waals surface area (Å²) >= 11 is 6.15. The third-order valence-corrected chi connectivity index (χ3v) is 6.30. The summed E-state index contributed by atoms with van der Waals surface area (Å²) < 4.78 is 9.07. The maximum Gasteiger partial charge on any atom is 0.328 e. The molecule has 4 rings (SSSR count). The lowest BCUT2D eigenvalue weighted by Gasteiger charge is -2.28. The number of benzene rings is 1. The molecule has 0 spiro atoms. The monoisotopic (exact) mass is 429 g/mol. The number of aromatic nitrogens is 3. The molecule has 0 unspecified atom stereocenters. The van der Waals surface area contributed by atoms with Crippen LogP contribution in [0.3, 0.4) is 0 Å². The van der Waals surface area contributed by atoms with Crippen molar-refractivity contribution in [2.24, 2.45) is 14.1 Å². The van der Waals surface area contributed by atoms with E-state index in [-0.39, 0.29) is 5.69 Å². The molecule has 0 saturated carbocycles. The molecule has 1 fully saturated rings. The first-order valence-corrected chi connectivity index (χ1v) is 10.5. The number of imidazole rings is 1. The minimum atomic E-state index is -0.0137. The predicted octanol–water partition coefficient (Wildman–Crippen LogP) is 3.65. The lowest BCUT2D eigenvalue weighted by molar-refractivity contribution is 0.0855. The minimum absolute atomic E-state index is 0.0137. The number of halogens is 1. The number of nitrogens with zero attached hydrogens (tertiary/aromatic N) is 5. The Morgan fingerprint density at radius 2 is 1.77 bits per heavy atom. The third-order valence-electron chi connectivity index (χ3n) is 6.09. The van der Waals surface area contributed by atoms with E-state index in [9.17, 15) is 4.79 Å². The van der Waals surface area contributed by atoms with Gasteiger partial charge in [-0.15, -0.1) is 0 Å². The molecule has 1 aliphatic rings. The number of fused-ring (bicyclic) bond motifs is 1. The fraction of sp³-hybridized carbons (Fsp3) is 0.455. The second-order valence-electron chi connectivity index (χ2n) is 8.14.